The molecule has 0 aromatic heterocycles. The van der Waals surface area contributed by atoms with Crippen LogP contribution in [0.25, 0.3) is 0 Å². The van der Waals surface area contributed by atoms with Crippen molar-refractivity contribution >= 4 is 21.4 Å². The second kappa shape index (κ2) is 6.87. The molecule has 0 spiro atoms. The van der Waals surface area contributed by atoms with E-state index in [0.29, 0.717) is 0 Å². The van der Waals surface area contributed by atoms with Crippen LogP contribution in [0.4, 0.5) is 18.9 Å². The summed E-state index contributed by atoms with van der Waals surface area (Å²) in [5, 5.41) is 2.29. The third-order valence-corrected chi connectivity index (χ3v) is 5.27. The Morgan fingerprint density at radius 3 is 2.12 bits per heavy atom. The number of hydrogen-bond donors (Lipinski definition) is 1. The minimum Gasteiger partial charge on any atom is -0.325 e. The lowest BCUT2D eigenvalue weighted by Gasteiger charge is -2.10. The largest absolute Gasteiger partial charge is 0.416 e. The fourth-order valence-corrected chi connectivity index (χ4v) is 3.32. The Balaban J connectivity index is 2.09. The fourth-order valence-electron chi connectivity index (χ4n) is 2.10. The van der Waals surface area contributed by atoms with E-state index in [0.717, 1.165) is 35.4 Å². The molecule has 2 aromatic carbocycles. The van der Waals surface area contributed by atoms with Crippen LogP contribution in [0.15, 0.2) is 47.4 Å². The van der Waals surface area contributed by atoms with Crippen LogP contribution in [-0.2, 0) is 20.8 Å². The number of carbonyl (C=O) groups excluding carboxylic acids is 1. The highest BCUT2D eigenvalue weighted by molar-refractivity contribution is 7.92. The number of halogens is 3. The quantitative estimate of drug-likeness (QED) is 0.891. The Bertz CT molecular complexity index is 888. The van der Waals surface area contributed by atoms with Crippen LogP contribution in [0.2, 0.25) is 0 Å². The Labute approximate surface area is 143 Å². The molecule has 2 rings (SSSR count). The van der Waals surface area contributed by atoms with E-state index in [1.165, 1.54) is 12.1 Å². The molecule has 1 amide bonds. The molecule has 0 fully saturated rings. The Morgan fingerprint density at radius 1 is 1.00 bits per heavy atom. The standard InChI is InChI=1S/C17H16F3NO3S/c1-11-3-8-15(9-12(11)2)25(23,24)10-16(22)21-14-6-4-13(5-7-14)17(18,19)20/h3-9H,10H2,1-2H3,(H,21,22). The summed E-state index contributed by atoms with van der Waals surface area (Å²) in [7, 11) is -3.84. The number of aryl methyl sites for hydroxylation is 2. The fraction of sp³-hybridized carbons (Fsp3) is 0.235. The van der Waals surface area contributed by atoms with Crippen molar-refractivity contribution in [2.24, 2.45) is 0 Å². The maximum Gasteiger partial charge on any atom is 0.416 e. The summed E-state index contributed by atoms with van der Waals surface area (Å²) in [6.45, 7) is 3.60. The minimum absolute atomic E-state index is 0.0261. The van der Waals surface area contributed by atoms with E-state index in [1.807, 2.05) is 6.92 Å². The van der Waals surface area contributed by atoms with Crippen LogP contribution in [0, 0.1) is 13.8 Å². The number of alkyl halides is 3. The third-order valence-electron chi connectivity index (χ3n) is 3.65. The van der Waals surface area contributed by atoms with Gasteiger partial charge in [0.15, 0.2) is 9.84 Å². The second-order valence-electron chi connectivity index (χ2n) is 5.63. The van der Waals surface area contributed by atoms with Crippen molar-refractivity contribution in [2.45, 2.75) is 24.9 Å². The molecule has 134 valence electrons. The smallest absolute Gasteiger partial charge is 0.325 e. The van der Waals surface area contributed by atoms with Crippen molar-refractivity contribution in [1.29, 1.82) is 0 Å². The predicted molar refractivity (Wildman–Crippen MR) is 88.0 cm³/mol. The van der Waals surface area contributed by atoms with Gasteiger partial charge < -0.3 is 5.32 Å². The molecule has 0 unspecified atom stereocenters. The predicted octanol–water partition coefficient (Wildman–Crippen LogP) is 3.73. The summed E-state index contributed by atoms with van der Waals surface area (Å²) in [4.78, 5) is 11.9. The summed E-state index contributed by atoms with van der Waals surface area (Å²) in [6.07, 6.45) is -4.48. The van der Waals surface area contributed by atoms with Crippen LogP contribution in [-0.4, -0.2) is 20.1 Å². The summed E-state index contributed by atoms with van der Waals surface area (Å²) >= 11 is 0. The zero-order chi connectivity index (χ0) is 18.8. The van der Waals surface area contributed by atoms with Crippen LogP contribution in [0.5, 0.6) is 0 Å². The molecule has 0 aliphatic carbocycles. The van der Waals surface area contributed by atoms with E-state index >= 15 is 0 Å². The van der Waals surface area contributed by atoms with E-state index in [-0.39, 0.29) is 10.6 Å². The summed E-state index contributed by atoms with van der Waals surface area (Å²) in [5.41, 5.74) is 0.943. The third kappa shape index (κ3) is 4.82. The Morgan fingerprint density at radius 2 is 1.60 bits per heavy atom. The van der Waals surface area contributed by atoms with Crippen molar-refractivity contribution in [3.63, 3.8) is 0 Å². The highest BCUT2D eigenvalue weighted by Gasteiger charge is 2.30. The molecule has 0 radical (unpaired) electrons. The zero-order valence-corrected chi connectivity index (χ0v) is 14.3. The monoisotopic (exact) mass is 371 g/mol. The van der Waals surface area contributed by atoms with Gasteiger partial charge in [0, 0.05) is 5.69 Å². The first-order chi connectivity index (χ1) is 11.5. The van der Waals surface area contributed by atoms with Crippen molar-refractivity contribution in [3.8, 4) is 0 Å². The van der Waals surface area contributed by atoms with E-state index < -0.39 is 33.2 Å². The first-order valence-corrected chi connectivity index (χ1v) is 8.91. The highest BCUT2D eigenvalue weighted by Crippen LogP contribution is 2.29. The average molecular weight is 371 g/mol. The van der Waals surface area contributed by atoms with Gasteiger partial charge in [0.1, 0.15) is 5.75 Å². The molecule has 0 saturated carbocycles. The van der Waals surface area contributed by atoms with Gasteiger partial charge in [0.25, 0.3) is 0 Å². The van der Waals surface area contributed by atoms with Crippen LogP contribution in [0.3, 0.4) is 0 Å². The van der Waals surface area contributed by atoms with Gasteiger partial charge in [-0.3, -0.25) is 4.79 Å². The topological polar surface area (TPSA) is 63.2 Å². The van der Waals surface area contributed by atoms with Gasteiger partial charge in [-0.05, 0) is 61.4 Å². The molecular weight excluding hydrogens is 355 g/mol. The van der Waals surface area contributed by atoms with Crippen molar-refractivity contribution in [1.82, 2.24) is 0 Å². The van der Waals surface area contributed by atoms with E-state index in [9.17, 15) is 26.4 Å². The Kier molecular flexibility index (Phi) is 5.22. The maximum absolute atomic E-state index is 12.5. The molecule has 0 bridgehead atoms. The number of hydrogen-bond acceptors (Lipinski definition) is 3. The summed E-state index contributed by atoms with van der Waals surface area (Å²) in [5.74, 6) is -1.62. The van der Waals surface area contributed by atoms with Gasteiger partial charge >= 0.3 is 6.18 Å². The molecule has 25 heavy (non-hydrogen) atoms. The van der Waals surface area contributed by atoms with Gasteiger partial charge in [-0.15, -0.1) is 0 Å². The van der Waals surface area contributed by atoms with Crippen molar-refractivity contribution in [3.05, 3.63) is 59.2 Å². The number of benzene rings is 2. The van der Waals surface area contributed by atoms with E-state index in [1.54, 1.807) is 13.0 Å². The number of amides is 1. The number of nitrogens with one attached hydrogen (secondary N) is 1. The summed E-state index contributed by atoms with van der Waals surface area (Å²) in [6, 6.07) is 8.32. The molecular formula is C17H16F3NO3S. The average Bonchev–Trinajstić information content (AvgIpc) is 2.48. The summed E-state index contributed by atoms with van der Waals surface area (Å²) < 4.78 is 62.0. The minimum atomic E-state index is -4.48. The normalized spacial score (nSPS) is 12.0. The van der Waals surface area contributed by atoms with E-state index in [4.69, 9.17) is 0 Å². The lowest BCUT2D eigenvalue weighted by Crippen LogP contribution is -2.23. The second-order valence-corrected chi connectivity index (χ2v) is 7.62. The van der Waals surface area contributed by atoms with Gasteiger partial charge in [-0.2, -0.15) is 13.2 Å². The SMILES string of the molecule is Cc1ccc(S(=O)(=O)CC(=O)Nc2ccc(C(F)(F)F)cc2)cc1C. The maximum atomic E-state index is 12.5. The zero-order valence-electron chi connectivity index (χ0n) is 13.5. The lowest BCUT2D eigenvalue weighted by molar-refractivity contribution is -0.137. The lowest BCUT2D eigenvalue weighted by atomic mass is 10.1. The number of rotatable bonds is 4. The molecule has 0 saturated heterocycles. The van der Waals surface area contributed by atoms with Gasteiger partial charge in [-0.1, -0.05) is 6.07 Å². The van der Waals surface area contributed by atoms with Gasteiger partial charge in [0.2, 0.25) is 5.91 Å². The van der Waals surface area contributed by atoms with Crippen LogP contribution in [0.1, 0.15) is 16.7 Å². The van der Waals surface area contributed by atoms with Gasteiger partial charge in [-0.25, -0.2) is 8.42 Å². The Hall–Kier alpha value is -2.35. The van der Waals surface area contributed by atoms with Crippen LogP contribution < -0.4 is 5.32 Å². The first kappa shape index (κ1) is 19.0. The molecule has 0 atom stereocenters. The molecule has 2 aromatic rings. The number of anilines is 1. The van der Waals surface area contributed by atoms with Crippen molar-refractivity contribution in [2.75, 3.05) is 11.1 Å². The molecule has 8 heteroatoms. The molecule has 4 nitrogen and oxygen atoms in total. The highest BCUT2D eigenvalue weighted by atomic mass is 32.2. The number of sulfone groups is 1. The molecule has 1 N–H and O–H groups in total. The molecule has 0 aliphatic heterocycles. The number of carbonyl (C=O) groups is 1. The van der Waals surface area contributed by atoms with E-state index in [2.05, 4.69) is 5.32 Å². The molecule has 0 heterocycles. The van der Waals surface area contributed by atoms with Crippen LogP contribution >= 0.6 is 0 Å². The molecule has 0 aliphatic rings. The first-order valence-electron chi connectivity index (χ1n) is 7.26. The van der Waals surface area contributed by atoms with Crippen molar-refractivity contribution < 1.29 is 26.4 Å². The van der Waals surface area contributed by atoms with Gasteiger partial charge in [0.05, 0.1) is 10.5 Å².